The molecule has 1 aromatic heterocycles. The zero-order valence-corrected chi connectivity index (χ0v) is 16.7. The fourth-order valence-electron chi connectivity index (χ4n) is 3.00. The number of amidine groups is 1. The van der Waals surface area contributed by atoms with E-state index in [1.54, 1.807) is 25.3 Å². The summed E-state index contributed by atoms with van der Waals surface area (Å²) < 4.78 is 13.6. The number of amides is 1. The number of hydrogen-bond donors (Lipinski definition) is 2. The van der Waals surface area contributed by atoms with Crippen LogP contribution in [-0.2, 0) is 9.63 Å². The van der Waals surface area contributed by atoms with Gasteiger partial charge in [-0.3, -0.25) is 4.79 Å². The molecular weight excluding hydrogens is 373 g/mol. The van der Waals surface area contributed by atoms with Crippen LogP contribution in [0.3, 0.4) is 0 Å². The lowest BCUT2D eigenvalue weighted by atomic mass is 10.1. The van der Waals surface area contributed by atoms with Crippen molar-refractivity contribution in [2.45, 2.75) is 39.2 Å². The van der Waals surface area contributed by atoms with Crippen molar-refractivity contribution in [3.63, 3.8) is 0 Å². The zero-order valence-electron chi connectivity index (χ0n) is 16.7. The Bertz CT molecular complexity index is 879. The Hall–Kier alpha value is -3.16. The molecular formula is C21H26FN5O2. The van der Waals surface area contributed by atoms with Gasteiger partial charge in [0.15, 0.2) is 5.84 Å². The number of carbonyl (C=O) groups excluding carboxylic acids is 1. The first-order chi connectivity index (χ1) is 13.9. The number of nitrogens with zero attached hydrogens (tertiary/aromatic N) is 3. The SMILES string of the molecule is Cc1ccc(NC(=O)C(C)ON=C(N)c2ccc(N3CCCCC3)nc2)cc1F. The van der Waals surface area contributed by atoms with Crippen LogP contribution in [0.1, 0.15) is 37.3 Å². The van der Waals surface area contributed by atoms with Crippen molar-refractivity contribution >= 4 is 23.2 Å². The Morgan fingerprint density at radius 1 is 1.28 bits per heavy atom. The second-order valence-corrected chi connectivity index (χ2v) is 7.13. The van der Waals surface area contributed by atoms with Crippen molar-refractivity contribution < 1.29 is 14.0 Å². The Morgan fingerprint density at radius 2 is 2.03 bits per heavy atom. The van der Waals surface area contributed by atoms with Gasteiger partial charge < -0.3 is 20.8 Å². The molecule has 0 saturated carbocycles. The van der Waals surface area contributed by atoms with Gasteiger partial charge in [-0.2, -0.15) is 0 Å². The number of oxime groups is 1. The van der Waals surface area contributed by atoms with E-state index in [0.717, 1.165) is 18.9 Å². The number of halogens is 1. The largest absolute Gasteiger partial charge is 0.381 e. The zero-order chi connectivity index (χ0) is 20.8. The molecule has 1 amide bonds. The third kappa shape index (κ3) is 5.43. The average Bonchev–Trinajstić information content (AvgIpc) is 2.75. The smallest absolute Gasteiger partial charge is 0.267 e. The van der Waals surface area contributed by atoms with Gasteiger partial charge in [-0.25, -0.2) is 9.37 Å². The summed E-state index contributed by atoms with van der Waals surface area (Å²) in [6.45, 7) is 5.21. The Labute approximate surface area is 169 Å². The lowest BCUT2D eigenvalue weighted by molar-refractivity contribution is -0.126. The molecule has 0 bridgehead atoms. The lowest BCUT2D eigenvalue weighted by Crippen LogP contribution is -2.30. The fraction of sp³-hybridized carbons (Fsp3) is 0.381. The molecule has 2 heterocycles. The number of carbonyl (C=O) groups is 1. The van der Waals surface area contributed by atoms with Crippen molar-refractivity contribution in [2.75, 3.05) is 23.3 Å². The monoisotopic (exact) mass is 399 g/mol. The molecule has 1 aromatic carbocycles. The minimum Gasteiger partial charge on any atom is -0.381 e. The number of nitrogens with two attached hydrogens (primary N) is 1. The van der Waals surface area contributed by atoms with E-state index in [9.17, 15) is 9.18 Å². The predicted molar refractivity (Wildman–Crippen MR) is 111 cm³/mol. The maximum atomic E-state index is 13.6. The van der Waals surface area contributed by atoms with Gasteiger partial charge in [0.25, 0.3) is 5.91 Å². The third-order valence-electron chi connectivity index (χ3n) is 4.84. The molecule has 0 aliphatic carbocycles. The van der Waals surface area contributed by atoms with E-state index in [1.165, 1.54) is 32.3 Å². The molecule has 1 aliphatic rings. The molecule has 8 heteroatoms. The summed E-state index contributed by atoms with van der Waals surface area (Å²) in [7, 11) is 0. The van der Waals surface area contributed by atoms with Crippen LogP contribution in [0.5, 0.6) is 0 Å². The van der Waals surface area contributed by atoms with Crippen molar-refractivity contribution in [2.24, 2.45) is 10.9 Å². The van der Waals surface area contributed by atoms with Gasteiger partial charge >= 0.3 is 0 Å². The Kier molecular flexibility index (Phi) is 6.64. The number of hydrogen-bond acceptors (Lipinski definition) is 5. The molecule has 1 unspecified atom stereocenters. The van der Waals surface area contributed by atoms with Crippen LogP contribution in [0.4, 0.5) is 15.9 Å². The van der Waals surface area contributed by atoms with Crippen LogP contribution < -0.4 is 16.0 Å². The van der Waals surface area contributed by atoms with Crippen LogP contribution in [-0.4, -0.2) is 35.9 Å². The summed E-state index contributed by atoms with van der Waals surface area (Å²) in [6, 6.07) is 8.21. The molecule has 1 saturated heterocycles. The van der Waals surface area contributed by atoms with E-state index in [2.05, 4.69) is 20.4 Å². The number of rotatable bonds is 6. The molecule has 2 aromatic rings. The van der Waals surface area contributed by atoms with Crippen molar-refractivity contribution in [3.05, 3.63) is 53.5 Å². The van der Waals surface area contributed by atoms with Crippen molar-refractivity contribution in [1.29, 1.82) is 0 Å². The lowest BCUT2D eigenvalue weighted by Gasteiger charge is -2.27. The first-order valence-corrected chi connectivity index (χ1v) is 9.71. The molecule has 1 atom stereocenters. The number of nitrogens with one attached hydrogen (secondary N) is 1. The molecule has 3 rings (SSSR count). The molecule has 1 fully saturated rings. The van der Waals surface area contributed by atoms with Crippen LogP contribution in [0.2, 0.25) is 0 Å². The Balaban J connectivity index is 1.56. The van der Waals surface area contributed by atoms with E-state index in [4.69, 9.17) is 10.6 Å². The van der Waals surface area contributed by atoms with Crippen molar-refractivity contribution in [3.8, 4) is 0 Å². The van der Waals surface area contributed by atoms with Gasteiger partial charge in [0.1, 0.15) is 11.6 Å². The number of piperidine rings is 1. The minimum atomic E-state index is -0.904. The molecule has 0 radical (unpaired) electrons. The first-order valence-electron chi connectivity index (χ1n) is 9.71. The summed E-state index contributed by atoms with van der Waals surface area (Å²) in [4.78, 5) is 24.1. The number of aryl methyl sites for hydroxylation is 1. The van der Waals surface area contributed by atoms with E-state index in [0.29, 0.717) is 16.8 Å². The highest BCUT2D eigenvalue weighted by Gasteiger charge is 2.16. The molecule has 0 spiro atoms. The van der Waals surface area contributed by atoms with E-state index in [1.807, 2.05) is 12.1 Å². The van der Waals surface area contributed by atoms with Gasteiger partial charge in [-0.1, -0.05) is 11.2 Å². The molecule has 7 nitrogen and oxygen atoms in total. The second-order valence-electron chi connectivity index (χ2n) is 7.13. The van der Waals surface area contributed by atoms with Gasteiger partial charge in [-0.15, -0.1) is 0 Å². The first kappa shape index (κ1) is 20.6. The third-order valence-corrected chi connectivity index (χ3v) is 4.84. The van der Waals surface area contributed by atoms with Crippen LogP contribution in [0, 0.1) is 12.7 Å². The standard InChI is InChI=1S/C21H26FN5O2/c1-14-6-8-17(12-18(14)22)25-21(28)15(2)29-26-20(23)16-7-9-19(24-13-16)27-10-4-3-5-11-27/h6-9,12-13,15H,3-5,10-11H2,1-2H3,(H2,23,26)(H,25,28). The van der Waals surface area contributed by atoms with Gasteiger partial charge in [0.2, 0.25) is 6.10 Å². The fourth-order valence-corrected chi connectivity index (χ4v) is 3.00. The predicted octanol–water partition coefficient (Wildman–Crippen LogP) is 3.18. The summed E-state index contributed by atoms with van der Waals surface area (Å²) >= 11 is 0. The Morgan fingerprint density at radius 3 is 2.69 bits per heavy atom. The molecule has 3 N–H and O–H groups in total. The highest BCUT2D eigenvalue weighted by atomic mass is 19.1. The highest BCUT2D eigenvalue weighted by molar-refractivity contribution is 5.97. The maximum Gasteiger partial charge on any atom is 0.267 e. The molecule has 154 valence electrons. The topological polar surface area (TPSA) is 92.8 Å². The summed E-state index contributed by atoms with van der Waals surface area (Å²) in [5.74, 6) is 0.200. The van der Waals surface area contributed by atoms with Crippen LogP contribution in [0.25, 0.3) is 0 Å². The number of pyridine rings is 1. The van der Waals surface area contributed by atoms with E-state index in [-0.39, 0.29) is 11.7 Å². The van der Waals surface area contributed by atoms with Gasteiger partial charge in [0.05, 0.1) is 0 Å². The minimum absolute atomic E-state index is 0.128. The average molecular weight is 399 g/mol. The molecule has 1 aliphatic heterocycles. The van der Waals surface area contributed by atoms with E-state index >= 15 is 0 Å². The van der Waals surface area contributed by atoms with Gasteiger partial charge in [0, 0.05) is 30.5 Å². The van der Waals surface area contributed by atoms with Crippen LogP contribution >= 0.6 is 0 Å². The highest BCUT2D eigenvalue weighted by Crippen LogP contribution is 2.18. The maximum absolute atomic E-state index is 13.6. The summed E-state index contributed by atoms with van der Waals surface area (Å²) in [5.41, 5.74) is 7.42. The van der Waals surface area contributed by atoms with Gasteiger partial charge in [-0.05, 0) is 62.9 Å². The number of anilines is 2. The number of aromatic nitrogens is 1. The normalized spacial score (nSPS) is 15.7. The number of benzene rings is 1. The quantitative estimate of drug-likeness (QED) is 0.442. The van der Waals surface area contributed by atoms with E-state index < -0.39 is 12.0 Å². The second kappa shape index (κ2) is 9.36. The van der Waals surface area contributed by atoms with Crippen molar-refractivity contribution in [1.82, 2.24) is 4.98 Å². The summed E-state index contributed by atoms with van der Waals surface area (Å²) in [6.07, 6.45) is 4.35. The van der Waals surface area contributed by atoms with Crippen LogP contribution in [0.15, 0.2) is 41.7 Å². The molecule has 29 heavy (non-hydrogen) atoms. The summed E-state index contributed by atoms with van der Waals surface area (Å²) in [5, 5.41) is 6.42.